The number of carbonyl (C=O) groups excluding carboxylic acids is 2. The van der Waals surface area contributed by atoms with Crippen LogP contribution in [-0.4, -0.2) is 23.6 Å². The Bertz CT molecular complexity index is 694. The van der Waals surface area contributed by atoms with Crippen molar-refractivity contribution in [3.63, 3.8) is 0 Å². The van der Waals surface area contributed by atoms with Crippen molar-refractivity contribution in [3.8, 4) is 5.75 Å². The van der Waals surface area contributed by atoms with Crippen LogP contribution in [0.25, 0.3) is 6.08 Å². The third kappa shape index (κ3) is 4.92. The van der Waals surface area contributed by atoms with Gasteiger partial charge in [0.1, 0.15) is 5.75 Å². The van der Waals surface area contributed by atoms with E-state index in [-0.39, 0.29) is 11.8 Å². The average Bonchev–Trinajstić information content (AvgIpc) is 2.77. The van der Waals surface area contributed by atoms with Gasteiger partial charge in [0.25, 0.3) is 5.91 Å². The second kappa shape index (κ2) is 8.12. The first-order valence-electron chi connectivity index (χ1n) is 6.82. The zero-order valence-electron chi connectivity index (χ0n) is 12.5. The van der Waals surface area contributed by atoms with Crippen LogP contribution in [0.2, 0.25) is 0 Å². The van der Waals surface area contributed by atoms with Crippen molar-refractivity contribution in [1.29, 1.82) is 0 Å². The summed E-state index contributed by atoms with van der Waals surface area (Å²) in [7, 11) is 0. The highest BCUT2D eigenvalue weighted by atomic mass is 79.9. The Morgan fingerprint density at radius 1 is 1.39 bits per heavy atom. The minimum atomic E-state index is -0.364. The fourth-order valence-electron chi connectivity index (χ4n) is 1.77. The highest BCUT2D eigenvalue weighted by Gasteiger charge is 2.22. The number of hydrogen-bond acceptors (Lipinski definition) is 4. The van der Waals surface area contributed by atoms with Crippen LogP contribution in [-0.2, 0) is 9.59 Å². The predicted octanol–water partition coefficient (Wildman–Crippen LogP) is 4.11. The standard InChI is InChI=1S/C15H14Br2N2O3S/c1-3-4-22-13-10(16)5-9(6-11(13)17)7-12-14(21)19-15(23-12)18-8(2)20/h5-7H,3-4H2,1-2H3,(H,18,19,20,21)/b12-7+. The number of carbonyl (C=O) groups is 2. The number of amides is 2. The van der Waals surface area contributed by atoms with Gasteiger partial charge in [0.15, 0.2) is 5.17 Å². The van der Waals surface area contributed by atoms with Crippen LogP contribution in [0.1, 0.15) is 25.8 Å². The van der Waals surface area contributed by atoms with Crippen LogP contribution in [0, 0.1) is 0 Å². The fraction of sp³-hybridized carbons (Fsp3) is 0.267. The van der Waals surface area contributed by atoms with Gasteiger partial charge in [0.2, 0.25) is 5.91 Å². The molecular formula is C15H14Br2N2O3S. The van der Waals surface area contributed by atoms with Gasteiger partial charge in [-0.1, -0.05) is 6.92 Å². The van der Waals surface area contributed by atoms with E-state index in [0.717, 1.165) is 38.4 Å². The van der Waals surface area contributed by atoms with Gasteiger partial charge in [-0.05, 0) is 73.8 Å². The molecule has 1 aromatic carbocycles. The Labute approximate surface area is 155 Å². The van der Waals surface area contributed by atoms with Gasteiger partial charge < -0.3 is 10.1 Å². The molecule has 0 saturated carbocycles. The van der Waals surface area contributed by atoms with E-state index in [1.165, 1.54) is 6.92 Å². The van der Waals surface area contributed by atoms with Crippen LogP contribution in [0.3, 0.4) is 0 Å². The Balaban J connectivity index is 2.21. The number of nitrogens with one attached hydrogen (secondary N) is 1. The largest absolute Gasteiger partial charge is 0.491 e. The Morgan fingerprint density at radius 2 is 2.04 bits per heavy atom. The second-order valence-corrected chi connectivity index (χ2v) is 7.42. The van der Waals surface area contributed by atoms with Gasteiger partial charge in [0, 0.05) is 6.92 Å². The molecule has 0 fully saturated rings. The number of hydrogen-bond donors (Lipinski definition) is 1. The molecule has 1 heterocycles. The molecule has 2 rings (SSSR count). The lowest BCUT2D eigenvalue weighted by Crippen LogP contribution is -2.23. The van der Waals surface area contributed by atoms with E-state index in [0.29, 0.717) is 16.7 Å². The molecule has 5 nitrogen and oxygen atoms in total. The van der Waals surface area contributed by atoms with Gasteiger partial charge in [-0.2, -0.15) is 4.99 Å². The summed E-state index contributed by atoms with van der Waals surface area (Å²) >= 11 is 8.09. The number of rotatable bonds is 4. The lowest BCUT2D eigenvalue weighted by atomic mass is 10.2. The van der Waals surface area contributed by atoms with Crippen LogP contribution in [0.5, 0.6) is 5.75 Å². The van der Waals surface area contributed by atoms with E-state index >= 15 is 0 Å². The molecule has 0 bridgehead atoms. The Kier molecular flexibility index (Phi) is 6.43. The molecule has 1 aromatic rings. The maximum Gasteiger partial charge on any atom is 0.286 e. The normalized spacial score (nSPS) is 15.7. The lowest BCUT2D eigenvalue weighted by molar-refractivity contribution is -0.117. The molecule has 0 atom stereocenters. The first-order chi connectivity index (χ1) is 10.9. The minimum absolute atomic E-state index is 0.256. The van der Waals surface area contributed by atoms with E-state index in [4.69, 9.17) is 4.74 Å². The summed E-state index contributed by atoms with van der Waals surface area (Å²) in [6.07, 6.45) is 2.64. The van der Waals surface area contributed by atoms with Crippen molar-refractivity contribution < 1.29 is 14.3 Å². The SMILES string of the molecule is CCCOc1c(Br)cc(/C=C2/SC(NC(C)=O)=NC2=O)cc1Br. The first-order valence-corrected chi connectivity index (χ1v) is 9.23. The molecule has 0 aromatic heterocycles. The fourth-order valence-corrected chi connectivity index (χ4v) is 4.08. The van der Waals surface area contributed by atoms with Crippen LogP contribution in [0.15, 0.2) is 31.0 Å². The van der Waals surface area contributed by atoms with Crippen molar-refractivity contribution in [2.75, 3.05) is 6.61 Å². The molecule has 8 heteroatoms. The number of ether oxygens (including phenoxy) is 1. The van der Waals surface area contributed by atoms with Crippen molar-refractivity contribution >= 4 is 66.7 Å². The molecule has 0 spiro atoms. The Morgan fingerprint density at radius 3 is 2.61 bits per heavy atom. The van der Waals surface area contributed by atoms with Crippen LogP contribution in [0.4, 0.5) is 0 Å². The van der Waals surface area contributed by atoms with Crippen molar-refractivity contribution in [2.24, 2.45) is 4.99 Å². The van der Waals surface area contributed by atoms with Crippen molar-refractivity contribution in [3.05, 3.63) is 31.5 Å². The second-order valence-electron chi connectivity index (χ2n) is 4.68. The van der Waals surface area contributed by atoms with E-state index < -0.39 is 0 Å². The molecule has 2 amide bonds. The summed E-state index contributed by atoms with van der Waals surface area (Å²) in [6.45, 7) is 4.04. The molecule has 0 unspecified atom stereocenters. The molecular weight excluding hydrogens is 448 g/mol. The van der Waals surface area contributed by atoms with E-state index in [1.54, 1.807) is 6.08 Å². The molecule has 23 heavy (non-hydrogen) atoms. The molecule has 0 radical (unpaired) electrons. The summed E-state index contributed by atoms with van der Waals surface area (Å²) in [5.74, 6) is 0.111. The highest BCUT2D eigenvalue weighted by molar-refractivity contribution is 9.11. The summed E-state index contributed by atoms with van der Waals surface area (Å²) in [5, 5.41) is 2.82. The third-order valence-corrected chi connectivity index (χ3v) is 4.75. The van der Waals surface area contributed by atoms with Gasteiger partial charge >= 0.3 is 0 Å². The topological polar surface area (TPSA) is 67.8 Å². The maximum absolute atomic E-state index is 11.9. The molecule has 1 aliphatic heterocycles. The zero-order chi connectivity index (χ0) is 17.0. The number of benzene rings is 1. The number of thioether (sulfide) groups is 1. The molecule has 122 valence electrons. The number of halogens is 2. The van der Waals surface area contributed by atoms with Gasteiger partial charge in [-0.15, -0.1) is 0 Å². The van der Waals surface area contributed by atoms with E-state index in [1.807, 2.05) is 19.1 Å². The minimum Gasteiger partial charge on any atom is -0.491 e. The Hall–Kier alpha value is -1.12. The van der Waals surface area contributed by atoms with E-state index in [2.05, 4.69) is 42.2 Å². The number of amidine groups is 1. The summed E-state index contributed by atoms with van der Waals surface area (Å²) < 4.78 is 7.26. The lowest BCUT2D eigenvalue weighted by Gasteiger charge is -2.10. The molecule has 0 saturated heterocycles. The number of aliphatic imine (C=N–C) groups is 1. The van der Waals surface area contributed by atoms with E-state index in [9.17, 15) is 9.59 Å². The average molecular weight is 462 g/mol. The molecule has 1 aliphatic rings. The predicted molar refractivity (Wildman–Crippen MR) is 99.5 cm³/mol. The van der Waals surface area contributed by atoms with Crippen LogP contribution >= 0.6 is 43.6 Å². The van der Waals surface area contributed by atoms with Crippen molar-refractivity contribution in [1.82, 2.24) is 5.32 Å². The van der Waals surface area contributed by atoms with Crippen molar-refractivity contribution in [2.45, 2.75) is 20.3 Å². The first kappa shape index (κ1) is 18.2. The van der Waals surface area contributed by atoms with Gasteiger partial charge in [-0.25, -0.2) is 0 Å². The monoisotopic (exact) mass is 460 g/mol. The summed E-state index contributed by atoms with van der Waals surface area (Å²) in [4.78, 5) is 27.1. The molecule has 1 N–H and O–H groups in total. The summed E-state index contributed by atoms with van der Waals surface area (Å²) in [6, 6.07) is 3.74. The van der Waals surface area contributed by atoms with Gasteiger partial charge in [-0.3, -0.25) is 9.59 Å². The number of nitrogens with zero attached hydrogens (tertiary/aromatic N) is 1. The van der Waals surface area contributed by atoms with Gasteiger partial charge in [0.05, 0.1) is 20.5 Å². The maximum atomic E-state index is 11.9. The smallest absolute Gasteiger partial charge is 0.286 e. The third-order valence-electron chi connectivity index (χ3n) is 2.67. The zero-order valence-corrected chi connectivity index (χ0v) is 16.5. The van der Waals surface area contributed by atoms with Crippen LogP contribution < -0.4 is 10.1 Å². The quantitative estimate of drug-likeness (QED) is 0.685. The summed E-state index contributed by atoms with van der Waals surface area (Å²) in [5.41, 5.74) is 0.822. The highest BCUT2D eigenvalue weighted by Crippen LogP contribution is 2.36. The molecule has 0 aliphatic carbocycles.